The average molecular weight is 607 g/mol. The van der Waals surface area contributed by atoms with Crippen LogP contribution in [0.25, 0.3) is 10.4 Å². The Hall–Kier alpha value is -2.75. The fourth-order valence-corrected chi connectivity index (χ4v) is 8.52. The molecule has 10 nitrogen and oxygen atoms in total. The SMILES string of the molecule is Cc1c(CCB2O[C@@H]3C[C@@H]4C[C@@H](C4(C)C)[C@]3(C)O2)ccc(OC2CN(C(=O)[C@H]3CC[C@H](N=[N+]=[N-])C3)C2)c1C(=O)OC(C)(C)C. The van der Waals surface area contributed by atoms with Gasteiger partial charge < -0.3 is 23.7 Å². The van der Waals surface area contributed by atoms with Gasteiger partial charge in [0.05, 0.1) is 24.8 Å². The number of amides is 1. The first kappa shape index (κ1) is 31.2. The molecule has 1 amide bonds. The molecule has 2 aliphatic heterocycles. The minimum atomic E-state index is -0.656. The second-order valence-corrected chi connectivity index (χ2v) is 15.5. The van der Waals surface area contributed by atoms with Crippen molar-refractivity contribution >= 4 is 19.0 Å². The van der Waals surface area contributed by atoms with Gasteiger partial charge in [-0.3, -0.25) is 4.79 Å². The van der Waals surface area contributed by atoms with E-state index in [0.29, 0.717) is 60.8 Å². The van der Waals surface area contributed by atoms with Crippen molar-refractivity contribution in [2.75, 3.05) is 13.1 Å². The molecule has 0 unspecified atom stereocenters. The highest BCUT2D eigenvalue weighted by Crippen LogP contribution is 2.65. The molecule has 7 rings (SSSR count). The first-order valence-electron chi connectivity index (χ1n) is 16.4. The molecule has 0 N–H and O–H groups in total. The summed E-state index contributed by atoms with van der Waals surface area (Å²) in [5.74, 6) is 1.27. The Morgan fingerprint density at radius 2 is 1.91 bits per heavy atom. The smallest absolute Gasteiger partial charge is 0.457 e. The number of hydrogen-bond acceptors (Lipinski definition) is 7. The van der Waals surface area contributed by atoms with Crippen LogP contribution in [-0.2, 0) is 25.3 Å². The first-order valence-corrected chi connectivity index (χ1v) is 16.4. The van der Waals surface area contributed by atoms with Crippen LogP contribution in [0.3, 0.4) is 0 Å². The summed E-state index contributed by atoms with van der Waals surface area (Å²) in [5, 5.41) is 3.79. The molecule has 2 heterocycles. The van der Waals surface area contributed by atoms with E-state index in [0.717, 1.165) is 30.4 Å². The Balaban J connectivity index is 1.11. The number of rotatable bonds is 8. The van der Waals surface area contributed by atoms with Crippen LogP contribution >= 0.6 is 0 Å². The Kier molecular flexibility index (Phi) is 7.99. The highest BCUT2D eigenvalue weighted by Gasteiger charge is 2.67. The zero-order valence-corrected chi connectivity index (χ0v) is 27.3. The Labute approximate surface area is 261 Å². The van der Waals surface area contributed by atoms with Gasteiger partial charge in [0.15, 0.2) is 0 Å². The molecule has 4 aliphatic carbocycles. The summed E-state index contributed by atoms with van der Waals surface area (Å²) >= 11 is 0. The van der Waals surface area contributed by atoms with Crippen LogP contribution in [0, 0.1) is 30.1 Å². The molecule has 6 fully saturated rings. The van der Waals surface area contributed by atoms with Crippen molar-refractivity contribution in [1.29, 1.82) is 0 Å². The zero-order chi connectivity index (χ0) is 31.6. The lowest BCUT2D eigenvalue weighted by Gasteiger charge is -2.64. The molecule has 0 aromatic heterocycles. The molecular formula is C33H47BN4O6. The molecule has 44 heavy (non-hydrogen) atoms. The van der Waals surface area contributed by atoms with E-state index in [4.69, 9.17) is 24.3 Å². The van der Waals surface area contributed by atoms with Gasteiger partial charge >= 0.3 is 13.1 Å². The largest absolute Gasteiger partial charge is 0.486 e. The van der Waals surface area contributed by atoms with Crippen LogP contribution in [0.2, 0.25) is 6.32 Å². The van der Waals surface area contributed by atoms with Crippen LogP contribution in [0.1, 0.15) is 95.1 Å². The fourth-order valence-electron chi connectivity index (χ4n) is 8.52. The summed E-state index contributed by atoms with van der Waals surface area (Å²) in [6.07, 6.45) is 5.72. The Morgan fingerprint density at radius 3 is 2.59 bits per heavy atom. The minimum absolute atomic E-state index is 0.0882. The third-order valence-corrected chi connectivity index (χ3v) is 11.2. The highest BCUT2D eigenvalue weighted by atomic mass is 16.7. The van der Waals surface area contributed by atoms with E-state index in [1.54, 1.807) is 4.90 Å². The molecule has 4 saturated carbocycles. The molecule has 2 bridgehead atoms. The molecule has 6 aliphatic rings. The summed E-state index contributed by atoms with van der Waals surface area (Å²) in [6.45, 7) is 15.4. The number of carbonyl (C=O) groups is 2. The van der Waals surface area contributed by atoms with Gasteiger partial charge in [-0.15, -0.1) is 0 Å². The van der Waals surface area contributed by atoms with Gasteiger partial charge in [-0.05, 0) is 119 Å². The average Bonchev–Trinajstić information content (AvgIpc) is 3.52. The maximum absolute atomic E-state index is 13.5. The number of aryl methyl sites for hydroxylation is 1. The Morgan fingerprint density at radius 1 is 1.16 bits per heavy atom. The molecule has 0 spiro atoms. The van der Waals surface area contributed by atoms with Crippen molar-refractivity contribution in [1.82, 2.24) is 4.90 Å². The maximum atomic E-state index is 13.5. The lowest BCUT2D eigenvalue weighted by Crippen LogP contribution is -2.65. The number of esters is 1. The molecule has 11 heteroatoms. The third kappa shape index (κ3) is 5.60. The first-order chi connectivity index (χ1) is 20.7. The second kappa shape index (κ2) is 11.3. The number of carbonyl (C=O) groups excluding carboxylic acids is 2. The topological polar surface area (TPSA) is 123 Å². The standard InChI is InChI=1S/C33H47BN4O6/c1-19-20(12-13-34-43-27-16-22-15-26(32(22,5)6)33(27,7)44-34)9-11-25(28(19)30(40)42-31(2,3)4)41-24-17-38(18-24)29(39)21-8-10-23(14-21)36-37-35/h9,11,21-24,26-27H,8,10,12-18H2,1-7H3/t21-,22-,23-,26-,27+,33-/m0/s1. The fraction of sp³-hybridized carbons (Fsp3) is 0.758. The number of benzene rings is 1. The van der Waals surface area contributed by atoms with Crippen LogP contribution in [0.15, 0.2) is 17.2 Å². The molecule has 0 radical (unpaired) electrons. The van der Waals surface area contributed by atoms with Gasteiger partial charge in [0.2, 0.25) is 5.91 Å². The van der Waals surface area contributed by atoms with Gasteiger partial charge in [0.25, 0.3) is 0 Å². The van der Waals surface area contributed by atoms with E-state index in [2.05, 4.69) is 30.8 Å². The minimum Gasteiger partial charge on any atom is -0.486 e. The normalized spacial score (nSPS) is 32.3. The monoisotopic (exact) mass is 606 g/mol. The highest BCUT2D eigenvalue weighted by molar-refractivity contribution is 6.45. The van der Waals surface area contributed by atoms with E-state index in [1.807, 2.05) is 39.8 Å². The van der Waals surface area contributed by atoms with Crippen molar-refractivity contribution in [2.24, 2.45) is 28.3 Å². The zero-order valence-electron chi connectivity index (χ0n) is 27.3. The number of hydrogen-bond donors (Lipinski definition) is 0. The van der Waals surface area contributed by atoms with Crippen molar-refractivity contribution in [3.63, 3.8) is 0 Å². The lowest BCUT2D eigenvalue weighted by atomic mass is 9.43. The number of azide groups is 1. The summed E-state index contributed by atoms with van der Waals surface area (Å²) in [5.41, 5.74) is 10.4. The van der Waals surface area contributed by atoms with Crippen molar-refractivity contribution in [3.8, 4) is 5.75 Å². The van der Waals surface area contributed by atoms with E-state index < -0.39 is 11.6 Å². The lowest BCUT2D eigenvalue weighted by molar-refractivity contribution is -0.199. The quantitative estimate of drug-likeness (QED) is 0.113. The predicted molar refractivity (Wildman–Crippen MR) is 166 cm³/mol. The number of nitrogens with zero attached hydrogens (tertiary/aromatic N) is 4. The molecule has 1 aromatic carbocycles. The predicted octanol–water partition coefficient (Wildman–Crippen LogP) is 6.29. The third-order valence-electron chi connectivity index (χ3n) is 11.2. The van der Waals surface area contributed by atoms with Gasteiger partial charge in [-0.2, -0.15) is 0 Å². The van der Waals surface area contributed by atoms with E-state index >= 15 is 0 Å². The number of likely N-dealkylation sites (tertiary alicyclic amines) is 1. The van der Waals surface area contributed by atoms with E-state index in [-0.39, 0.29) is 42.8 Å². The van der Waals surface area contributed by atoms with Crippen LogP contribution < -0.4 is 4.74 Å². The summed E-state index contributed by atoms with van der Waals surface area (Å²) in [6, 6.07) is 3.79. The molecule has 1 aromatic rings. The van der Waals surface area contributed by atoms with Crippen molar-refractivity contribution in [3.05, 3.63) is 39.3 Å². The van der Waals surface area contributed by atoms with Gasteiger partial charge in [0, 0.05) is 16.9 Å². The van der Waals surface area contributed by atoms with Crippen LogP contribution in [0.5, 0.6) is 5.75 Å². The molecule has 238 valence electrons. The Bertz CT molecular complexity index is 1370. The number of ether oxygens (including phenoxy) is 2. The molecule has 6 atom stereocenters. The molecule has 2 saturated heterocycles. The second-order valence-electron chi connectivity index (χ2n) is 15.5. The van der Waals surface area contributed by atoms with Gasteiger partial charge in [0.1, 0.15) is 23.0 Å². The summed E-state index contributed by atoms with van der Waals surface area (Å²) < 4.78 is 25.2. The summed E-state index contributed by atoms with van der Waals surface area (Å²) in [4.78, 5) is 31.2. The van der Waals surface area contributed by atoms with Gasteiger partial charge in [-0.1, -0.05) is 25.0 Å². The van der Waals surface area contributed by atoms with Gasteiger partial charge in [-0.25, -0.2) is 4.79 Å². The van der Waals surface area contributed by atoms with E-state index in [9.17, 15) is 9.59 Å². The van der Waals surface area contributed by atoms with Crippen LogP contribution in [0.4, 0.5) is 0 Å². The maximum Gasteiger partial charge on any atom is 0.457 e. The van der Waals surface area contributed by atoms with E-state index in [1.165, 1.54) is 6.42 Å². The molecular weight excluding hydrogens is 559 g/mol. The van der Waals surface area contributed by atoms with Crippen molar-refractivity contribution < 1.29 is 28.4 Å². The summed E-state index contributed by atoms with van der Waals surface area (Å²) in [7, 11) is -0.263. The van der Waals surface area contributed by atoms with Crippen molar-refractivity contribution in [2.45, 2.75) is 123 Å². The van der Waals surface area contributed by atoms with Crippen LogP contribution in [-0.4, -0.2) is 66.4 Å².